The van der Waals surface area contributed by atoms with Crippen LogP contribution in [0.25, 0.3) is 11.1 Å². The van der Waals surface area contributed by atoms with E-state index in [1.807, 2.05) is 38.1 Å². The summed E-state index contributed by atoms with van der Waals surface area (Å²) in [5.41, 5.74) is 8.61. The van der Waals surface area contributed by atoms with Crippen molar-refractivity contribution in [2.45, 2.75) is 25.0 Å². The molecule has 1 aromatic carbocycles. The van der Waals surface area contributed by atoms with Gasteiger partial charge in [-0.15, -0.1) is 0 Å². The summed E-state index contributed by atoms with van der Waals surface area (Å²) < 4.78 is 17.2. The van der Waals surface area contributed by atoms with Gasteiger partial charge in [0.05, 0.1) is 5.56 Å². The number of fused-ring (bicyclic) bond motifs is 4. The molecule has 1 atom stereocenters. The second-order valence-electron chi connectivity index (χ2n) is 8.08. The number of aromatic nitrogens is 3. The van der Waals surface area contributed by atoms with Gasteiger partial charge < -0.3 is 19.9 Å². The van der Waals surface area contributed by atoms with Crippen LogP contribution < -0.4 is 10.5 Å². The second-order valence-corrected chi connectivity index (χ2v) is 8.08. The Balaban J connectivity index is 1.66. The molecule has 0 bridgehead atoms. The highest BCUT2D eigenvalue weighted by Crippen LogP contribution is 2.51. The van der Waals surface area contributed by atoms with Gasteiger partial charge in [-0.2, -0.15) is 0 Å². The van der Waals surface area contributed by atoms with Crippen LogP contribution in [0.1, 0.15) is 30.5 Å². The fourth-order valence-electron chi connectivity index (χ4n) is 3.70. The van der Waals surface area contributed by atoms with Gasteiger partial charge in [0, 0.05) is 42.4 Å². The van der Waals surface area contributed by atoms with Crippen LogP contribution in [-0.4, -0.2) is 40.3 Å². The number of nitrogens with zero attached hydrogens (tertiary/aromatic N) is 4. The predicted molar refractivity (Wildman–Crippen MR) is 118 cm³/mol. The van der Waals surface area contributed by atoms with E-state index in [9.17, 15) is 0 Å². The van der Waals surface area contributed by atoms with E-state index in [2.05, 4.69) is 26.8 Å². The standard InChI is InChI=1S/C24H21N5O3/c1-23(2,30-3)7-6-15-8-19-21(28-10-15)32-20-5-4-16(17-11-26-14-27-12-17)9-18(20)24(19)13-31-22(25)29-24/h4-5,8-12,14H,13H2,1-3H3,(H2,25,29). The van der Waals surface area contributed by atoms with Crippen LogP contribution in [0, 0.1) is 11.8 Å². The highest BCUT2D eigenvalue weighted by molar-refractivity contribution is 5.77. The van der Waals surface area contributed by atoms with Crippen LogP contribution >= 0.6 is 0 Å². The molecule has 2 aliphatic rings. The summed E-state index contributed by atoms with van der Waals surface area (Å²) in [6.45, 7) is 4.04. The number of hydrogen-bond donors (Lipinski definition) is 1. The van der Waals surface area contributed by atoms with Crippen LogP contribution in [-0.2, 0) is 15.0 Å². The number of methoxy groups -OCH3 is 1. The van der Waals surface area contributed by atoms with Crippen LogP contribution in [0.3, 0.4) is 0 Å². The van der Waals surface area contributed by atoms with E-state index in [1.165, 1.54) is 6.33 Å². The molecule has 8 nitrogen and oxygen atoms in total. The SMILES string of the molecule is COC(C)(C)C#Cc1cnc2c(c1)C1(COC(N)=N1)c1cc(-c3cncnc3)ccc1O2. The van der Waals surface area contributed by atoms with Gasteiger partial charge in [-0.3, -0.25) is 0 Å². The second kappa shape index (κ2) is 7.32. The van der Waals surface area contributed by atoms with Crippen molar-refractivity contribution in [1.29, 1.82) is 0 Å². The molecule has 1 unspecified atom stereocenters. The minimum atomic E-state index is -0.889. The Hall–Kier alpha value is -3.96. The van der Waals surface area contributed by atoms with Gasteiger partial charge >= 0.3 is 0 Å². The number of rotatable bonds is 2. The first-order valence-corrected chi connectivity index (χ1v) is 10.0. The molecule has 1 spiro atoms. The molecule has 0 saturated heterocycles. The third kappa shape index (κ3) is 3.33. The lowest BCUT2D eigenvalue weighted by Gasteiger charge is -2.33. The molecule has 160 valence electrons. The van der Waals surface area contributed by atoms with Crippen molar-refractivity contribution in [2.24, 2.45) is 10.7 Å². The Morgan fingerprint density at radius 3 is 2.62 bits per heavy atom. The Bertz CT molecular complexity index is 1290. The minimum absolute atomic E-state index is 0.120. The molecule has 5 rings (SSSR count). The molecule has 32 heavy (non-hydrogen) atoms. The topological polar surface area (TPSA) is 105 Å². The van der Waals surface area contributed by atoms with E-state index in [-0.39, 0.29) is 12.6 Å². The summed E-state index contributed by atoms with van der Waals surface area (Å²) in [6.07, 6.45) is 6.69. The molecule has 0 saturated carbocycles. The fraction of sp³-hybridized carbons (Fsp3) is 0.250. The van der Waals surface area contributed by atoms with Crippen LogP contribution in [0.15, 0.2) is 54.2 Å². The summed E-state index contributed by atoms with van der Waals surface area (Å²) in [5, 5.41) is 0. The van der Waals surface area contributed by atoms with Crippen LogP contribution in [0.5, 0.6) is 11.6 Å². The molecule has 0 amide bonds. The van der Waals surface area contributed by atoms with E-state index in [1.54, 1.807) is 25.7 Å². The monoisotopic (exact) mass is 427 g/mol. The lowest BCUT2D eigenvalue weighted by Crippen LogP contribution is -2.31. The maximum Gasteiger partial charge on any atom is 0.283 e. The molecular formula is C24H21N5O3. The number of hydrogen-bond acceptors (Lipinski definition) is 8. The summed E-state index contributed by atoms with van der Waals surface area (Å²) in [6, 6.07) is 7.89. The molecular weight excluding hydrogens is 406 g/mol. The highest BCUT2D eigenvalue weighted by Gasteiger charge is 2.47. The molecule has 3 aromatic rings. The van der Waals surface area contributed by atoms with Crippen molar-refractivity contribution < 1.29 is 14.2 Å². The summed E-state index contributed by atoms with van der Waals surface area (Å²) in [5.74, 6) is 7.34. The third-order valence-corrected chi connectivity index (χ3v) is 5.57. The van der Waals surface area contributed by atoms with Gasteiger partial charge in [0.15, 0.2) is 5.54 Å². The maximum atomic E-state index is 6.13. The maximum absolute atomic E-state index is 6.13. The van der Waals surface area contributed by atoms with Crippen molar-refractivity contribution in [2.75, 3.05) is 13.7 Å². The Kier molecular flexibility index (Phi) is 4.57. The Labute approximate surface area is 185 Å². The molecule has 2 N–H and O–H groups in total. The third-order valence-electron chi connectivity index (χ3n) is 5.57. The summed E-state index contributed by atoms with van der Waals surface area (Å²) in [7, 11) is 1.63. The molecule has 0 fully saturated rings. The quantitative estimate of drug-likeness (QED) is 0.627. The first kappa shape index (κ1) is 20.0. The minimum Gasteiger partial charge on any atom is -0.462 e. The van der Waals surface area contributed by atoms with E-state index in [0.717, 1.165) is 22.3 Å². The number of aliphatic imine (C=N–C) groups is 1. The first-order chi connectivity index (χ1) is 15.4. The zero-order valence-corrected chi connectivity index (χ0v) is 17.9. The summed E-state index contributed by atoms with van der Waals surface area (Å²) in [4.78, 5) is 17.5. The van der Waals surface area contributed by atoms with Gasteiger partial charge in [-0.25, -0.2) is 19.9 Å². The van der Waals surface area contributed by atoms with Gasteiger partial charge in [0.2, 0.25) is 5.88 Å². The molecule has 0 aliphatic carbocycles. The van der Waals surface area contributed by atoms with Crippen molar-refractivity contribution in [3.8, 4) is 34.6 Å². The normalized spacial score (nSPS) is 18.5. The fourth-order valence-corrected chi connectivity index (χ4v) is 3.70. The van der Waals surface area contributed by atoms with Crippen molar-refractivity contribution in [3.63, 3.8) is 0 Å². The zero-order valence-electron chi connectivity index (χ0n) is 17.9. The van der Waals surface area contributed by atoms with Crippen molar-refractivity contribution in [3.05, 3.63) is 65.9 Å². The molecule has 4 heterocycles. The van der Waals surface area contributed by atoms with Crippen molar-refractivity contribution >= 4 is 6.02 Å². The van der Waals surface area contributed by atoms with Gasteiger partial charge in [-0.05, 0) is 37.6 Å². The molecule has 0 radical (unpaired) electrons. The van der Waals surface area contributed by atoms with E-state index in [4.69, 9.17) is 24.9 Å². The number of pyridine rings is 1. The van der Waals surface area contributed by atoms with Gasteiger partial charge in [0.25, 0.3) is 6.02 Å². The zero-order chi connectivity index (χ0) is 22.3. The number of ether oxygens (including phenoxy) is 3. The number of amidine groups is 1. The van der Waals surface area contributed by atoms with Crippen molar-refractivity contribution in [1.82, 2.24) is 15.0 Å². The number of nitrogens with two attached hydrogens (primary N) is 1. The lowest BCUT2D eigenvalue weighted by molar-refractivity contribution is 0.0742. The van der Waals surface area contributed by atoms with Crippen LogP contribution in [0.4, 0.5) is 0 Å². The highest BCUT2D eigenvalue weighted by atomic mass is 16.5. The van der Waals surface area contributed by atoms with E-state index >= 15 is 0 Å². The predicted octanol–water partition coefficient (Wildman–Crippen LogP) is 3.01. The Morgan fingerprint density at radius 2 is 1.91 bits per heavy atom. The summed E-state index contributed by atoms with van der Waals surface area (Å²) >= 11 is 0. The smallest absolute Gasteiger partial charge is 0.283 e. The average molecular weight is 427 g/mol. The van der Waals surface area contributed by atoms with E-state index in [0.29, 0.717) is 17.2 Å². The van der Waals surface area contributed by atoms with Gasteiger partial charge in [-0.1, -0.05) is 17.9 Å². The molecule has 8 heteroatoms. The van der Waals surface area contributed by atoms with Crippen LogP contribution in [0.2, 0.25) is 0 Å². The number of benzene rings is 1. The largest absolute Gasteiger partial charge is 0.462 e. The Morgan fingerprint density at radius 1 is 1.09 bits per heavy atom. The van der Waals surface area contributed by atoms with Gasteiger partial charge in [0.1, 0.15) is 24.3 Å². The molecule has 2 aliphatic heterocycles. The molecule has 2 aromatic heterocycles. The lowest BCUT2D eigenvalue weighted by atomic mass is 9.81. The van der Waals surface area contributed by atoms with E-state index < -0.39 is 11.1 Å². The average Bonchev–Trinajstić information content (AvgIpc) is 3.21. The first-order valence-electron chi connectivity index (χ1n) is 10.0.